The van der Waals surface area contributed by atoms with Crippen molar-refractivity contribution in [3.05, 3.63) is 29.8 Å². The number of ether oxygens (including phenoxy) is 2. The van der Waals surface area contributed by atoms with E-state index in [1.54, 1.807) is 0 Å². The van der Waals surface area contributed by atoms with Gasteiger partial charge in [-0.1, -0.05) is 12.1 Å². The van der Waals surface area contributed by atoms with E-state index >= 15 is 0 Å². The number of hydrogen-bond acceptors (Lipinski definition) is 5. The molecule has 1 heterocycles. The fourth-order valence-electron chi connectivity index (χ4n) is 1.83. The van der Waals surface area contributed by atoms with Crippen molar-refractivity contribution in [1.29, 1.82) is 0 Å². The van der Waals surface area contributed by atoms with Crippen LogP contribution >= 0.6 is 0 Å². The molecule has 1 atom stereocenters. The zero-order valence-electron chi connectivity index (χ0n) is 10.5. The molecule has 4 N–H and O–H groups in total. The molecule has 104 valence electrons. The van der Waals surface area contributed by atoms with E-state index in [0.717, 1.165) is 11.3 Å². The first-order valence-electron chi connectivity index (χ1n) is 6.19. The fraction of sp³-hybridized carbons (Fsp3) is 0.462. The Labute approximate surface area is 111 Å². The average molecular weight is 266 g/mol. The summed E-state index contributed by atoms with van der Waals surface area (Å²) in [5, 5.41) is 11.9. The van der Waals surface area contributed by atoms with E-state index in [-0.39, 0.29) is 6.29 Å². The van der Waals surface area contributed by atoms with E-state index in [2.05, 4.69) is 5.32 Å². The second-order valence-corrected chi connectivity index (χ2v) is 4.40. The molecule has 0 aromatic heterocycles. The van der Waals surface area contributed by atoms with Crippen molar-refractivity contribution in [1.82, 2.24) is 0 Å². The molecule has 1 saturated heterocycles. The van der Waals surface area contributed by atoms with E-state index in [9.17, 15) is 4.79 Å². The van der Waals surface area contributed by atoms with Crippen LogP contribution in [-0.4, -0.2) is 43.2 Å². The van der Waals surface area contributed by atoms with E-state index in [0.29, 0.717) is 26.2 Å². The third-order valence-electron chi connectivity index (χ3n) is 2.89. The zero-order chi connectivity index (χ0) is 13.7. The van der Waals surface area contributed by atoms with Crippen LogP contribution in [0.5, 0.6) is 0 Å². The summed E-state index contributed by atoms with van der Waals surface area (Å²) in [6, 6.07) is 6.64. The van der Waals surface area contributed by atoms with E-state index < -0.39 is 12.0 Å². The molecule has 1 unspecified atom stereocenters. The maximum Gasteiger partial charge on any atom is 0.320 e. The molecule has 0 radical (unpaired) electrons. The molecule has 2 rings (SSSR count). The van der Waals surface area contributed by atoms with Gasteiger partial charge in [0.1, 0.15) is 6.04 Å². The predicted molar refractivity (Wildman–Crippen MR) is 69.9 cm³/mol. The molecule has 19 heavy (non-hydrogen) atoms. The molecule has 0 bridgehead atoms. The lowest BCUT2D eigenvalue weighted by Crippen LogP contribution is -2.32. The lowest BCUT2D eigenvalue weighted by Gasteiger charge is -2.12. The van der Waals surface area contributed by atoms with Gasteiger partial charge in [0.2, 0.25) is 0 Å². The standard InChI is InChI=1S/C13H18N2O4/c14-11(13(16)17)7-9-1-3-10(4-2-9)15-8-12-18-5-6-19-12/h1-4,11-12,15H,5-8,14H2,(H,16,17). The summed E-state index contributed by atoms with van der Waals surface area (Å²) in [7, 11) is 0. The van der Waals surface area contributed by atoms with Crippen molar-refractivity contribution in [3.8, 4) is 0 Å². The maximum absolute atomic E-state index is 10.7. The summed E-state index contributed by atoms with van der Waals surface area (Å²) < 4.78 is 10.6. The van der Waals surface area contributed by atoms with Crippen molar-refractivity contribution in [2.75, 3.05) is 25.1 Å². The molecule has 0 amide bonds. The molecule has 0 saturated carbocycles. The van der Waals surface area contributed by atoms with Crippen LogP contribution in [0.4, 0.5) is 5.69 Å². The minimum Gasteiger partial charge on any atom is -0.480 e. The van der Waals surface area contributed by atoms with Gasteiger partial charge >= 0.3 is 5.97 Å². The van der Waals surface area contributed by atoms with Gasteiger partial charge in [-0.25, -0.2) is 0 Å². The minimum atomic E-state index is -0.988. The van der Waals surface area contributed by atoms with Crippen LogP contribution in [0.15, 0.2) is 24.3 Å². The summed E-state index contributed by atoms with van der Waals surface area (Å²) in [5.41, 5.74) is 7.31. The number of carbonyl (C=O) groups is 1. The van der Waals surface area contributed by atoms with Gasteiger partial charge in [-0.15, -0.1) is 0 Å². The Balaban J connectivity index is 1.82. The van der Waals surface area contributed by atoms with Gasteiger partial charge in [-0.2, -0.15) is 0 Å². The summed E-state index contributed by atoms with van der Waals surface area (Å²) in [6.45, 7) is 1.87. The first-order valence-corrected chi connectivity index (χ1v) is 6.19. The van der Waals surface area contributed by atoms with Crippen molar-refractivity contribution in [2.24, 2.45) is 5.73 Å². The van der Waals surface area contributed by atoms with Crippen LogP contribution in [0.2, 0.25) is 0 Å². The first kappa shape index (κ1) is 13.8. The summed E-state index contributed by atoms with van der Waals surface area (Å²) >= 11 is 0. The zero-order valence-corrected chi connectivity index (χ0v) is 10.5. The van der Waals surface area contributed by atoms with Gasteiger partial charge in [0.25, 0.3) is 0 Å². The normalized spacial score (nSPS) is 17.3. The Hall–Kier alpha value is -1.63. The Morgan fingerprint density at radius 2 is 2.00 bits per heavy atom. The minimum absolute atomic E-state index is 0.194. The highest BCUT2D eigenvalue weighted by Gasteiger charge is 2.15. The fourth-order valence-corrected chi connectivity index (χ4v) is 1.83. The van der Waals surface area contributed by atoms with E-state index in [1.807, 2.05) is 24.3 Å². The third kappa shape index (κ3) is 4.20. The van der Waals surface area contributed by atoms with Crippen molar-refractivity contribution in [3.63, 3.8) is 0 Å². The lowest BCUT2D eigenvalue weighted by molar-refractivity contribution is -0.138. The SMILES string of the molecule is NC(Cc1ccc(NCC2OCCO2)cc1)C(=O)O. The lowest BCUT2D eigenvalue weighted by atomic mass is 10.1. The van der Waals surface area contributed by atoms with Crippen LogP contribution in [0, 0.1) is 0 Å². The molecular formula is C13H18N2O4. The number of nitrogens with one attached hydrogen (secondary N) is 1. The van der Waals surface area contributed by atoms with Crippen molar-refractivity contribution < 1.29 is 19.4 Å². The highest BCUT2D eigenvalue weighted by Crippen LogP contribution is 2.12. The van der Waals surface area contributed by atoms with Crippen molar-refractivity contribution >= 4 is 11.7 Å². The topological polar surface area (TPSA) is 93.8 Å². The number of aliphatic carboxylic acids is 1. The maximum atomic E-state index is 10.7. The molecule has 6 nitrogen and oxygen atoms in total. The Morgan fingerprint density at radius 3 is 2.58 bits per heavy atom. The molecule has 6 heteroatoms. The molecule has 1 aromatic rings. The molecule has 0 aliphatic carbocycles. The Bertz CT molecular complexity index is 415. The number of rotatable bonds is 6. The second kappa shape index (κ2) is 6.51. The predicted octanol–water partition coefficient (Wildman–Crippen LogP) is 0.426. The number of benzene rings is 1. The molecule has 0 spiro atoms. The average Bonchev–Trinajstić information content (AvgIpc) is 2.91. The van der Waals surface area contributed by atoms with E-state index in [4.69, 9.17) is 20.3 Å². The smallest absolute Gasteiger partial charge is 0.320 e. The number of carboxylic acids is 1. The summed E-state index contributed by atoms with van der Waals surface area (Å²) in [5.74, 6) is -0.988. The highest BCUT2D eigenvalue weighted by atomic mass is 16.7. The largest absolute Gasteiger partial charge is 0.480 e. The van der Waals surface area contributed by atoms with Gasteiger partial charge in [-0.05, 0) is 24.1 Å². The van der Waals surface area contributed by atoms with Gasteiger partial charge < -0.3 is 25.6 Å². The van der Waals surface area contributed by atoms with Crippen LogP contribution < -0.4 is 11.1 Å². The number of anilines is 1. The van der Waals surface area contributed by atoms with Gasteiger partial charge in [-0.3, -0.25) is 4.79 Å². The monoisotopic (exact) mass is 266 g/mol. The number of nitrogens with two attached hydrogens (primary N) is 1. The summed E-state index contributed by atoms with van der Waals surface area (Å²) in [6.07, 6.45) is 0.130. The van der Waals surface area contributed by atoms with Gasteiger partial charge in [0.15, 0.2) is 6.29 Å². The van der Waals surface area contributed by atoms with Crippen LogP contribution in [-0.2, 0) is 20.7 Å². The number of carboxylic acid groups (broad SMARTS) is 1. The molecule has 1 aliphatic rings. The van der Waals surface area contributed by atoms with E-state index in [1.165, 1.54) is 0 Å². The van der Waals surface area contributed by atoms with Crippen LogP contribution in [0.3, 0.4) is 0 Å². The third-order valence-corrected chi connectivity index (χ3v) is 2.89. The first-order chi connectivity index (χ1) is 9.15. The molecular weight excluding hydrogens is 248 g/mol. The molecule has 1 aliphatic heterocycles. The van der Waals surface area contributed by atoms with Gasteiger partial charge in [0, 0.05) is 5.69 Å². The molecule has 1 fully saturated rings. The Kier molecular flexibility index (Phi) is 4.73. The molecule has 1 aromatic carbocycles. The van der Waals surface area contributed by atoms with Crippen LogP contribution in [0.25, 0.3) is 0 Å². The van der Waals surface area contributed by atoms with Crippen molar-refractivity contribution in [2.45, 2.75) is 18.8 Å². The van der Waals surface area contributed by atoms with Gasteiger partial charge in [0.05, 0.1) is 19.8 Å². The quantitative estimate of drug-likeness (QED) is 0.691. The highest BCUT2D eigenvalue weighted by molar-refractivity contribution is 5.73. The van der Waals surface area contributed by atoms with Crippen LogP contribution in [0.1, 0.15) is 5.56 Å². The number of hydrogen-bond donors (Lipinski definition) is 3. The summed E-state index contributed by atoms with van der Waals surface area (Å²) in [4.78, 5) is 10.7. The Morgan fingerprint density at radius 1 is 1.37 bits per heavy atom. The second-order valence-electron chi connectivity index (χ2n) is 4.40.